The van der Waals surface area contributed by atoms with Crippen LogP contribution in [0, 0.1) is 0 Å². The van der Waals surface area contributed by atoms with E-state index in [2.05, 4.69) is 4.72 Å². The van der Waals surface area contributed by atoms with Gasteiger partial charge in [-0.15, -0.1) is 0 Å². The first-order chi connectivity index (χ1) is 3.56. The van der Waals surface area contributed by atoms with Crippen molar-refractivity contribution in [2.75, 3.05) is 13.2 Å². The molecule has 0 aromatic rings. The third kappa shape index (κ3) is 6.60. The molecule has 0 aromatic carbocycles. The molecule has 0 aromatic heterocycles. The van der Waals surface area contributed by atoms with Crippen molar-refractivity contribution >= 4 is 28.4 Å². The average molecular weight is 251 g/mol. The maximum atomic E-state index is 10.2. The topological polar surface area (TPSA) is 66.4 Å². The van der Waals surface area contributed by atoms with Crippen LogP contribution in [0.1, 0.15) is 0 Å². The van der Waals surface area contributed by atoms with E-state index in [1.54, 1.807) is 0 Å². The average Bonchev–Trinajstić information content (AvgIpc) is 1.59. The van der Waals surface area contributed by atoms with Crippen LogP contribution in [0.5, 0.6) is 0 Å². The standard InChI is InChI=1S/C2H6INO3S/c3-8(6,7)4-1-2-5/h4-5H,1-2H2. The van der Waals surface area contributed by atoms with E-state index in [1.165, 1.54) is 21.2 Å². The first-order valence-electron chi connectivity index (χ1n) is 1.86. The maximum absolute atomic E-state index is 10.2. The Kier molecular flexibility index (Phi) is 3.86. The zero-order chi connectivity index (χ0) is 6.62. The molecule has 0 rings (SSSR count). The van der Waals surface area contributed by atoms with E-state index in [1.807, 2.05) is 0 Å². The molecule has 6 heteroatoms. The molecule has 0 bridgehead atoms. The summed E-state index contributed by atoms with van der Waals surface area (Å²) in [6.45, 7) is -0.0759. The zero-order valence-corrected chi connectivity index (χ0v) is 6.94. The van der Waals surface area contributed by atoms with Gasteiger partial charge in [-0.1, -0.05) is 0 Å². The van der Waals surface area contributed by atoms with Crippen molar-refractivity contribution in [1.29, 1.82) is 0 Å². The summed E-state index contributed by atoms with van der Waals surface area (Å²) in [6, 6.07) is 0. The number of aliphatic hydroxyl groups is 1. The summed E-state index contributed by atoms with van der Waals surface area (Å²) in [7, 11) is -3.13. The van der Waals surface area contributed by atoms with Crippen LogP contribution in [-0.2, 0) is 7.19 Å². The minimum Gasteiger partial charge on any atom is -0.395 e. The lowest BCUT2D eigenvalue weighted by Gasteiger charge is -1.93. The van der Waals surface area contributed by atoms with Crippen LogP contribution >= 0.6 is 21.2 Å². The molecule has 0 aliphatic carbocycles. The second-order valence-corrected chi connectivity index (χ2v) is 5.70. The fourth-order valence-electron chi connectivity index (χ4n) is 0.168. The van der Waals surface area contributed by atoms with Crippen LogP contribution in [0.2, 0.25) is 0 Å². The molecule has 0 aliphatic heterocycles. The van der Waals surface area contributed by atoms with Gasteiger partial charge < -0.3 is 5.11 Å². The van der Waals surface area contributed by atoms with E-state index in [4.69, 9.17) is 5.11 Å². The normalized spacial score (nSPS) is 11.8. The summed E-state index contributed by atoms with van der Waals surface area (Å²) in [4.78, 5) is 0. The molecule has 0 aliphatic rings. The number of halogens is 1. The fourth-order valence-corrected chi connectivity index (χ4v) is 1.16. The van der Waals surface area contributed by atoms with Crippen molar-refractivity contribution in [2.24, 2.45) is 0 Å². The smallest absolute Gasteiger partial charge is 0.265 e. The first-order valence-corrected chi connectivity index (χ1v) is 5.89. The Morgan fingerprint density at radius 1 is 1.62 bits per heavy atom. The lowest BCUT2D eigenvalue weighted by molar-refractivity contribution is 0.301. The second kappa shape index (κ2) is 3.59. The van der Waals surface area contributed by atoms with Gasteiger partial charge in [-0.3, -0.25) is 0 Å². The van der Waals surface area contributed by atoms with Crippen molar-refractivity contribution in [3.8, 4) is 0 Å². The quantitative estimate of drug-likeness (QED) is 0.512. The van der Waals surface area contributed by atoms with Crippen molar-refractivity contribution in [1.82, 2.24) is 4.72 Å². The molecular formula is C2H6INO3S. The Balaban J connectivity index is 3.42. The van der Waals surface area contributed by atoms with Crippen LogP contribution in [0.4, 0.5) is 0 Å². The van der Waals surface area contributed by atoms with Crippen LogP contribution in [-0.4, -0.2) is 26.7 Å². The summed E-state index contributed by atoms with van der Waals surface area (Å²) in [6.07, 6.45) is 0. The lowest BCUT2D eigenvalue weighted by Crippen LogP contribution is -2.20. The predicted molar refractivity (Wildman–Crippen MR) is 38.0 cm³/mol. The van der Waals surface area contributed by atoms with E-state index in [-0.39, 0.29) is 13.2 Å². The number of nitrogens with one attached hydrogen (secondary N) is 1. The molecule has 4 nitrogen and oxygen atoms in total. The molecular weight excluding hydrogens is 245 g/mol. The van der Waals surface area contributed by atoms with Gasteiger partial charge in [-0.25, -0.2) is 13.1 Å². The van der Waals surface area contributed by atoms with Gasteiger partial charge in [0.15, 0.2) is 0 Å². The summed E-state index contributed by atoms with van der Waals surface area (Å²) in [5.41, 5.74) is 0. The van der Waals surface area contributed by atoms with Crippen molar-refractivity contribution in [3.05, 3.63) is 0 Å². The van der Waals surface area contributed by atoms with E-state index in [0.717, 1.165) is 0 Å². The van der Waals surface area contributed by atoms with Gasteiger partial charge in [0.05, 0.1) is 27.8 Å². The van der Waals surface area contributed by atoms with Gasteiger partial charge in [-0.2, -0.15) is 0 Å². The SMILES string of the molecule is O=S(=O)(I)NCCO. The summed E-state index contributed by atoms with van der Waals surface area (Å²) in [5, 5.41) is 8.10. The van der Waals surface area contributed by atoms with Crippen LogP contribution < -0.4 is 4.72 Å². The Hall–Kier alpha value is 0.600. The van der Waals surface area contributed by atoms with E-state index < -0.39 is 7.19 Å². The molecule has 0 spiro atoms. The molecule has 0 amide bonds. The molecule has 0 fully saturated rings. The Morgan fingerprint density at radius 2 is 2.12 bits per heavy atom. The van der Waals surface area contributed by atoms with Gasteiger partial charge in [0.25, 0.3) is 7.19 Å². The Labute approximate surface area is 59.9 Å². The molecule has 0 heterocycles. The third-order valence-electron chi connectivity index (χ3n) is 0.386. The van der Waals surface area contributed by atoms with Gasteiger partial charge in [-0.05, 0) is 0 Å². The number of aliphatic hydroxyl groups excluding tert-OH is 1. The molecule has 8 heavy (non-hydrogen) atoms. The molecule has 0 saturated carbocycles. The lowest BCUT2D eigenvalue weighted by atomic mass is 10.8. The largest absolute Gasteiger partial charge is 0.395 e. The van der Waals surface area contributed by atoms with Crippen LogP contribution in [0.25, 0.3) is 0 Å². The summed E-state index contributed by atoms with van der Waals surface area (Å²) in [5.74, 6) is 0. The van der Waals surface area contributed by atoms with Crippen molar-refractivity contribution in [2.45, 2.75) is 0 Å². The van der Waals surface area contributed by atoms with Gasteiger partial charge in [0, 0.05) is 6.54 Å². The third-order valence-corrected chi connectivity index (χ3v) is 1.87. The highest BCUT2D eigenvalue weighted by molar-refractivity contribution is 14.2. The molecule has 0 radical (unpaired) electrons. The monoisotopic (exact) mass is 251 g/mol. The molecule has 2 N–H and O–H groups in total. The number of rotatable bonds is 3. The minimum absolute atomic E-state index is 0.0886. The van der Waals surface area contributed by atoms with E-state index in [0.29, 0.717) is 0 Å². The molecule has 0 saturated heterocycles. The molecule has 0 atom stereocenters. The number of hydrogen-bond donors (Lipinski definition) is 2. The van der Waals surface area contributed by atoms with Crippen molar-refractivity contribution in [3.63, 3.8) is 0 Å². The maximum Gasteiger partial charge on any atom is 0.265 e. The highest BCUT2D eigenvalue weighted by Crippen LogP contribution is 1.92. The zero-order valence-electron chi connectivity index (χ0n) is 3.96. The summed E-state index contributed by atoms with van der Waals surface area (Å²) >= 11 is 1.25. The second-order valence-electron chi connectivity index (χ2n) is 1.06. The predicted octanol–water partition coefficient (Wildman–Crippen LogP) is -0.752. The fraction of sp³-hybridized carbons (Fsp3) is 1.00. The highest BCUT2D eigenvalue weighted by atomic mass is 127. The van der Waals surface area contributed by atoms with E-state index >= 15 is 0 Å². The minimum atomic E-state index is -3.13. The van der Waals surface area contributed by atoms with E-state index in [9.17, 15) is 8.42 Å². The van der Waals surface area contributed by atoms with Crippen molar-refractivity contribution < 1.29 is 13.5 Å². The number of hydrogen-bond acceptors (Lipinski definition) is 3. The Bertz CT molecular complexity index is 141. The highest BCUT2D eigenvalue weighted by Gasteiger charge is 1.98. The first kappa shape index (κ1) is 8.60. The van der Waals surface area contributed by atoms with Crippen LogP contribution in [0.15, 0.2) is 0 Å². The molecule has 0 unspecified atom stereocenters. The molecule has 50 valence electrons. The summed E-state index contributed by atoms with van der Waals surface area (Å²) < 4.78 is 22.4. The van der Waals surface area contributed by atoms with Gasteiger partial charge in [0.2, 0.25) is 0 Å². The Morgan fingerprint density at radius 3 is 2.25 bits per heavy atom. The van der Waals surface area contributed by atoms with Gasteiger partial charge in [0.1, 0.15) is 0 Å². The van der Waals surface area contributed by atoms with Crippen LogP contribution in [0.3, 0.4) is 0 Å². The van der Waals surface area contributed by atoms with Gasteiger partial charge >= 0.3 is 0 Å².